The molecule has 2 N–H and O–H groups in total. The lowest BCUT2D eigenvalue weighted by Crippen LogP contribution is -1.94. The van der Waals surface area contributed by atoms with Gasteiger partial charge in [0.15, 0.2) is 6.29 Å². The van der Waals surface area contributed by atoms with Crippen molar-refractivity contribution in [3.05, 3.63) is 23.1 Å². The van der Waals surface area contributed by atoms with E-state index in [1.54, 1.807) is 11.3 Å². The minimum Gasteiger partial charge on any atom is -0.398 e. The Morgan fingerprint density at radius 3 is 3.00 bits per heavy atom. The molecule has 0 atom stereocenters. The minimum atomic E-state index is 0.481. The Hall–Kier alpha value is -1.00. The predicted molar refractivity (Wildman–Crippen MR) is 58.9 cm³/mol. The number of hydrogen-bond donors (Lipinski definition) is 2. The largest absolute Gasteiger partial charge is 0.398 e. The third-order valence-electron chi connectivity index (χ3n) is 1.94. The number of thiophene rings is 1. The van der Waals surface area contributed by atoms with Crippen LogP contribution in [0.15, 0.2) is 22.4 Å². The molecule has 2 aromatic rings. The summed E-state index contributed by atoms with van der Waals surface area (Å²) < 4.78 is 1.06. The van der Waals surface area contributed by atoms with Gasteiger partial charge in [-0.15, -0.1) is 24.0 Å². The molecule has 0 saturated heterocycles. The predicted octanol–water partition coefficient (Wildman–Crippen LogP) is 2.58. The fourth-order valence-corrected chi connectivity index (χ4v) is 2.50. The number of benzene rings is 1. The van der Waals surface area contributed by atoms with Crippen molar-refractivity contribution in [1.29, 1.82) is 0 Å². The van der Waals surface area contributed by atoms with Crippen LogP contribution in [0.25, 0.3) is 10.1 Å². The van der Waals surface area contributed by atoms with Crippen LogP contribution in [0, 0.1) is 0 Å². The number of nitrogen functional groups attached to an aromatic ring is 1. The maximum atomic E-state index is 10.7. The first kappa shape index (κ1) is 8.59. The molecule has 0 aliphatic carbocycles. The second-order valence-corrected chi connectivity index (χ2v) is 4.10. The fraction of sp³-hybridized carbons (Fsp3) is 0. The highest BCUT2D eigenvalue weighted by atomic mass is 32.1. The quantitative estimate of drug-likeness (QED) is 0.430. The Balaban J connectivity index is 2.92. The van der Waals surface area contributed by atoms with Crippen LogP contribution in [0.5, 0.6) is 0 Å². The van der Waals surface area contributed by atoms with Gasteiger partial charge in [0.25, 0.3) is 0 Å². The number of hydrogen-bond acceptors (Lipinski definition) is 4. The van der Waals surface area contributed by atoms with Crippen molar-refractivity contribution in [2.45, 2.75) is 4.90 Å². The van der Waals surface area contributed by atoms with E-state index in [1.165, 1.54) is 0 Å². The Labute approximate surface area is 84.8 Å². The molecule has 0 radical (unpaired) electrons. The van der Waals surface area contributed by atoms with Crippen molar-refractivity contribution in [3.63, 3.8) is 0 Å². The molecule has 4 heteroatoms. The second kappa shape index (κ2) is 3.05. The first-order valence-corrected chi connectivity index (χ1v) is 5.00. The number of rotatable bonds is 1. The Morgan fingerprint density at radius 2 is 2.31 bits per heavy atom. The van der Waals surface area contributed by atoms with Crippen molar-refractivity contribution >= 4 is 46.0 Å². The standard InChI is InChI=1S/C9H7NOS2/c10-9-5-1-2-13-8(5)3-7(12)6(9)4-11/h1-4,12H,10H2. The average molecular weight is 209 g/mol. The number of carbonyl (C=O) groups excluding carboxylic acids is 1. The zero-order valence-corrected chi connectivity index (χ0v) is 8.36. The molecule has 13 heavy (non-hydrogen) atoms. The lowest BCUT2D eigenvalue weighted by atomic mass is 10.1. The van der Waals surface area contributed by atoms with Gasteiger partial charge in [0, 0.05) is 15.0 Å². The number of fused-ring (bicyclic) bond motifs is 1. The molecular formula is C9H7NOS2. The highest BCUT2D eigenvalue weighted by Crippen LogP contribution is 2.32. The van der Waals surface area contributed by atoms with E-state index >= 15 is 0 Å². The van der Waals surface area contributed by atoms with Crippen LogP contribution in [0.2, 0.25) is 0 Å². The smallest absolute Gasteiger partial charge is 0.153 e. The van der Waals surface area contributed by atoms with Gasteiger partial charge >= 0.3 is 0 Å². The molecule has 0 saturated carbocycles. The molecule has 1 heterocycles. The summed E-state index contributed by atoms with van der Waals surface area (Å²) in [7, 11) is 0. The van der Waals surface area contributed by atoms with E-state index in [9.17, 15) is 4.79 Å². The second-order valence-electron chi connectivity index (χ2n) is 2.67. The first-order chi connectivity index (χ1) is 6.24. The van der Waals surface area contributed by atoms with Crippen LogP contribution in [0.1, 0.15) is 10.4 Å². The number of nitrogens with two attached hydrogens (primary N) is 1. The number of aldehydes is 1. The van der Waals surface area contributed by atoms with E-state index in [4.69, 9.17) is 5.73 Å². The molecular weight excluding hydrogens is 202 g/mol. The maximum Gasteiger partial charge on any atom is 0.153 e. The SMILES string of the molecule is Nc1c(C=O)c(S)cc2sccc12. The van der Waals surface area contributed by atoms with E-state index in [2.05, 4.69) is 12.6 Å². The van der Waals surface area contributed by atoms with Crippen LogP contribution in [0.4, 0.5) is 5.69 Å². The van der Waals surface area contributed by atoms with E-state index in [-0.39, 0.29) is 0 Å². The van der Waals surface area contributed by atoms with Crippen LogP contribution < -0.4 is 5.73 Å². The van der Waals surface area contributed by atoms with Crippen LogP contribution in [-0.4, -0.2) is 6.29 Å². The lowest BCUT2D eigenvalue weighted by Gasteiger charge is -2.03. The monoisotopic (exact) mass is 209 g/mol. The summed E-state index contributed by atoms with van der Waals surface area (Å²) >= 11 is 5.78. The molecule has 0 fully saturated rings. The zero-order chi connectivity index (χ0) is 9.42. The van der Waals surface area contributed by atoms with E-state index in [0.717, 1.165) is 16.4 Å². The molecule has 0 aliphatic heterocycles. The molecule has 0 spiro atoms. The minimum absolute atomic E-state index is 0.481. The van der Waals surface area contributed by atoms with Gasteiger partial charge in [0.05, 0.1) is 11.3 Å². The molecule has 0 unspecified atom stereocenters. The van der Waals surface area contributed by atoms with Crippen molar-refractivity contribution < 1.29 is 4.79 Å². The van der Waals surface area contributed by atoms with Gasteiger partial charge < -0.3 is 5.73 Å². The van der Waals surface area contributed by atoms with Crippen molar-refractivity contribution in [2.75, 3.05) is 5.73 Å². The Morgan fingerprint density at radius 1 is 1.54 bits per heavy atom. The van der Waals surface area contributed by atoms with Gasteiger partial charge in [-0.25, -0.2) is 0 Å². The third kappa shape index (κ3) is 1.22. The molecule has 66 valence electrons. The van der Waals surface area contributed by atoms with Gasteiger partial charge in [-0.05, 0) is 17.5 Å². The van der Waals surface area contributed by atoms with E-state index < -0.39 is 0 Å². The fourth-order valence-electron chi connectivity index (χ4n) is 1.26. The first-order valence-electron chi connectivity index (χ1n) is 3.68. The molecule has 0 amide bonds. The molecule has 0 bridgehead atoms. The number of carbonyl (C=O) groups is 1. The van der Waals surface area contributed by atoms with Gasteiger partial charge in [-0.3, -0.25) is 4.79 Å². The average Bonchev–Trinajstić information content (AvgIpc) is 2.53. The number of anilines is 1. The highest BCUT2D eigenvalue weighted by molar-refractivity contribution is 7.80. The molecule has 1 aromatic carbocycles. The maximum absolute atomic E-state index is 10.7. The summed E-state index contributed by atoms with van der Waals surface area (Å²) in [4.78, 5) is 11.3. The molecule has 2 nitrogen and oxygen atoms in total. The van der Waals surface area contributed by atoms with Crippen LogP contribution in [-0.2, 0) is 0 Å². The van der Waals surface area contributed by atoms with Crippen molar-refractivity contribution in [3.8, 4) is 0 Å². The van der Waals surface area contributed by atoms with Crippen LogP contribution >= 0.6 is 24.0 Å². The lowest BCUT2D eigenvalue weighted by molar-refractivity contribution is 0.112. The van der Waals surface area contributed by atoms with E-state index in [0.29, 0.717) is 16.1 Å². The summed E-state index contributed by atoms with van der Waals surface area (Å²) in [6.07, 6.45) is 0.745. The van der Waals surface area contributed by atoms with Gasteiger partial charge in [-0.1, -0.05) is 0 Å². The Kier molecular flexibility index (Phi) is 2.01. The summed E-state index contributed by atoms with van der Waals surface area (Å²) in [5.41, 5.74) is 6.81. The Bertz CT molecular complexity index is 476. The van der Waals surface area contributed by atoms with Gasteiger partial charge in [-0.2, -0.15) is 0 Å². The molecule has 2 rings (SSSR count). The van der Waals surface area contributed by atoms with Gasteiger partial charge in [0.1, 0.15) is 0 Å². The van der Waals surface area contributed by atoms with Gasteiger partial charge in [0.2, 0.25) is 0 Å². The van der Waals surface area contributed by atoms with E-state index in [1.807, 2.05) is 17.5 Å². The summed E-state index contributed by atoms with van der Waals surface area (Å²) in [6, 6.07) is 3.78. The third-order valence-corrected chi connectivity index (χ3v) is 3.17. The zero-order valence-electron chi connectivity index (χ0n) is 6.65. The van der Waals surface area contributed by atoms with Crippen molar-refractivity contribution in [1.82, 2.24) is 0 Å². The summed E-state index contributed by atoms with van der Waals surface area (Å²) in [5.74, 6) is 0. The van der Waals surface area contributed by atoms with Crippen LogP contribution in [0.3, 0.4) is 0 Å². The number of thiol groups is 1. The summed E-state index contributed by atoms with van der Waals surface area (Å²) in [5, 5.41) is 2.88. The topological polar surface area (TPSA) is 43.1 Å². The normalized spacial score (nSPS) is 10.5. The van der Waals surface area contributed by atoms with Crippen molar-refractivity contribution in [2.24, 2.45) is 0 Å². The molecule has 0 aliphatic rings. The molecule has 1 aromatic heterocycles. The summed E-state index contributed by atoms with van der Waals surface area (Å²) in [6.45, 7) is 0. The highest BCUT2D eigenvalue weighted by Gasteiger charge is 2.08.